The van der Waals surface area contributed by atoms with Crippen LogP contribution in [0.15, 0.2) is 30.3 Å². The van der Waals surface area contributed by atoms with E-state index in [4.69, 9.17) is 12.2 Å². The van der Waals surface area contributed by atoms with E-state index in [1.54, 1.807) is 11.8 Å². The summed E-state index contributed by atoms with van der Waals surface area (Å²) in [5.74, 6) is 1.05. The summed E-state index contributed by atoms with van der Waals surface area (Å²) in [7, 11) is 0. The third kappa shape index (κ3) is 5.06. The molecule has 0 aliphatic carbocycles. The van der Waals surface area contributed by atoms with Crippen molar-refractivity contribution < 1.29 is 0 Å². The van der Waals surface area contributed by atoms with E-state index >= 15 is 0 Å². The fourth-order valence-electron chi connectivity index (χ4n) is 0.789. The predicted octanol–water partition coefficient (Wildman–Crippen LogP) is 4.14. The zero-order chi connectivity index (χ0) is 10.1. The van der Waals surface area contributed by atoms with E-state index in [0.717, 1.165) is 15.5 Å². The van der Waals surface area contributed by atoms with Gasteiger partial charge in [0.1, 0.15) is 0 Å². The molecule has 0 saturated carbocycles. The Morgan fingerprint density at radius 3 is 2.23 bits per heavy atom. The summed E-state index contributed by atoms with van der Waals surface area (Å²) in [5, 5.41) is 0. The number of hydrogen-bond acceptors (Lipinski definition) is 2. The minimum Gasteiger partial charge on any atom is -0.114 e. The van der Waals surface area contributed by atoms with Gasteiger partial charge in [-0.25, -0.2) is 0 Å². The minimum atomic E-state index is 0.994. The summed E-state index contributed by atoms with van der Waals surface area (Å²) in [6, 6.07) is 10.1. The highest BCUT2D eigenvalue weighted by molar-refractivity contribution is 8.23. The molecule has 0 radical (unpaired) electrons. The van der Waals surface area contributed by atoms with E-state index in [-0.39, 0.29) is 0 Å². The number of thiocarbonyl (C=S) groups is 1. The van der Waals surface area contributed by atoms with Crippen LogP contribution in [-0.4, -0.2) is 9.95 Å². The maximum absolute atomic E-state index is 5.18. The van der Waals surface area contributed by atoms with E-state index in [9.17, 15) is 0 Å². The highest BCUT2D eigenvalue weighted by Crippen LogP contribution is 2.12. The van der Waals surface area contributed by atoms with Gasteiger partial charge in [0.15, 0.2) is 0 Å². The predicted molar refractivity (Wildman–Crippen MR) is 67.6 cm³/mol. The Labute approximate surface area is 90.7 Å². The standard InChI is InChI=1S/C9H10S2.C2H6/c1-2-11-9(10)8-6-4-3-5-7-8;1-2/h3-7H,2H2,1H3;1-2H3. The quantitative estimate of drug-likeness (QED) is 0.676. The van der Waals surface area contributed by atoms with Crippen LogP contribution in [0.1, 0.15) is 26.3 Å². The van der Waals surface area contributed by atoms with Gasteiger partial charge in [-0.05, 0) is 11.3 Å². The molecule has 72 valence electrons. The van der Waals surface area contributed by atoms with Gasteiger partial charge in [-0.2, -0.15) is 0 Å². The van der Waals surface area contributed by atoms with E-state index in [1.807, 2.05) is 44.2 Å². The van der Waals surface area contributed by atoms with E-state index in [0.29, 0.717) is 0 Å². The average molecular weight is 212 g/mol. The highest BCUT2D eigenvalue weighted by atomic mass is 32.2. The van der Waals surface area contributed by atoms with Crippen LogP contribution in [0.5, 0.6) is 0 Å². The Morgan fingerprint density at radius 2 is 1.77 bits per heavy atom. The van der Waals surface area contributed by atoms with Crippen LogP contribution in [0.25, 0.3) is 0 Å². The molecule has 0 aliphatic rings. The minimum absolute atomic E-state index is 0.994. The second-order valence-corrected chi connectivity index (χ2v) is 4.03. The summed E-state index contributed by atoms with van der Waals surface area (Å²) >= 11 is 6.90. The lowest BCUT2D eigenvalue weighted by atomic mass is 10.2. The molecule has 2 heteroatoms. The van der Waals surface area contributed by atoms with Crippen LogP contribution in [0.3, 0.4) is 0 Å². The fourth-order valence-corrected chi connectivity index (χ4v) is 1.84. The molecule has 0 N–H and O–H groups in total. The summed E-state index contributed by atoms with van der Waals surface area (Å²) in [5.41, 5.74) is 1.16. The summed E-state index contributed by atoms with van der Waals surface area (Å²) in [6.07, 6.45) is 0. The van der Waals surface area contributed by atoms with Crippen molar-refractivity contribution in [3.05, 3.63) is 35.9 Å². The Kier molecular flexibility index (Phi) is 8.05. The maximum atomic E-state index is 5.18. The highest BCUT2D eigenvalue weighted by Gasteiger charge is 1.97. The van der Waals surface area contributed by atoms with Gasteiger partial charge in [0.2, 0.25) is 0 Å². The van der Waals surface area contributed by atoms with E-state index in [2.05, 4.69) is 6.92 Å². The second-order valence-electron chi connectivity index (χ2n) is 2.09. The molecule has 0 aliphatic heterocycles. The lowest BCUT2D eigenvalue weighted by Gasteiger charge is -1.99. The Balaban J connectivity index is 0.000000671. The van der Waals surface area contributed by atoms with Crippen LogP contribution >= 0.6 is 24.0 Å². The van der Waals surface area contributed by atoms with Gasteiger partial charge in [0.05, 0.1) is 4.20 Å². The number of thioether (sulfide) groups is 1. The molecular formula is C11H16S2. The van der Waals surface area contributed by atoms with E-state index in [1.165, 1.54) is 0 Å². The maximum Gasteiger partial charge on any atom is 0.0778 e. The van der Waals surface area contributed by atoms with Gasteiger partial charge >= 0.3 is 0 Å². The zero-order valence-electron chi connectivity index (χ0n) is 8.41. The third-order valence-corrected chi connectivity index (χ3v) is 2.66. The zero-order valence-corrected chi connectivity index (χ0v) is 10.0. The van der Waals surface area contributed by atoms with Crippen LogP contribution in [0.4, 0.5) is 0 Å². The van der Waals surface area contributed by atoms with Gasteiger partial charge in [0.25, 0.3) is 0 Å². The first-order chi connectivity index (χ1) is 6.34. The first-order valence-corrected chi connectivity index (χ1v) is 5.96. The monoisotopic (exact) mass is 212 g/mol. The molecule has 1 aromatic carbocycles. The van der Waals surface area contributed by atoms with E-state index < -0.39 is 0 Å². The van der Waals surface area contributed by atoms with Crippen LogP contribution in [0, 0.1) is 0 Å². The Morgan fingerprint density at radius 1 is 1.23 bits per heavy atom. The van der Waals surface area contributed by atoms with Crippen molar-refractivity contribution in [2.75, 3.05) is 5.75 Å². The van der Waals surface area contributed by atoms with Gasteiger partial charge in [-0.3, -0.25) is 0 Å². The molecule has 0 nitrogen and oxygen atoms in total. The second kappa shape index (κ2) is 8.27. The summed E-state index contributed by atoms with van der Waals surface area (Å²) in [6.45, 7) is 6.11. The van der Waals surface area contributed by atoms with Gasteiger partial charge < -0.3 is 0 Å². The SMILES string of the molecule is CC.CCSC(=S)c1ccccc1. The molecule has 1 rings (SSSR count). The molecule has 0 atom stereocenters. The van der Waals surface area contributed by atoms with Gasteiger partial charge in [-0.1, -0.05) is 63.3 Å². The molecule has 0 unspecified atom stereocenters. The number of hydrogen-bond donors (Lipinski definition) is 0. The van der Waals surface area contributed by atoms with Crippen molar-refractivity contribution in [2.45, 2.75) is 20.8 Å². The Bertz CT molecular complexity index is 229. The molecule has 0 amide bonds. The van der Waals surface area contributed by atoms with Crippen LogP contribution in [-0.2, 0) is 0 Å². The summed E-state index contributed by atoms with van der Waals surface area (Å²) in [4.78, 5) is 0. The van der Waals surface area contributed by atoms with Crippen molar-refractivity contribution >= 4 is 28.2 Å². The third-order valence-electron chi connectivity index (χ3n) is 1.28. The fraction of sp³-hybridized carbons (Fsp3) is 0.364. The van der Waals surface area contributed by atoms with Crippen molar-refractivity contribution in [3.8, 4) is 0 Å². The lowest BCUT2D eigenvalue weighted by molar-refractivity contribution is 1.50. The molecule has 1 aromatic rings. The smallest absolute Gasteiger partial charge is 0.0778 e. The topological polar surface area (TPSA) is 0 Å². The first kappa shape index (κ1) is 12.7. The van der Waals surface area contributed by atoms with Crippen molar-refractivity contribution in [3.63, 3.8) is 0 Å². The van der Waals surface area contributed by atoms with Crippen molar-refractivity contribution in [1.82, 2.24) is 0 Å². The summed E-state index contributed by atoms with van der Waals surface area (Å²) < 4.78 is 0.994. The largest absolute Gasteiger partial charge is 0.114 e. The normalized spacial score (nSPS) is 8.54. The molecule has 0 heterocycles. The molecule has 13 heavy (non-hydrogen) atoms. The van der Waals surface area contributed by atoms with Crippen molar-refractivity contribution in [2.24, 2.45) is 0 Å². The van der Waals surface area contributed by atoms with Crippen LogP contribution < -0.4 is 0 Å². The molecule has 0 fully saturated rings. The lowest BCUT2D eigenvalue weighted by Crippen LogP contribution is -1.90. The number of benzene rings is 1. The molecule has 0 bridgehead atoms. The Hall–Kier alpha value is -0.340. The number of rotatable bonds is 2. The van der Waals surface area contributed by atoms with Gasteiger partial charge in [-0.15, -0.1) is 11.8 Å². The molecule has 0 aromatic heterocycles. The first-order valence-electron chi connectivity index (χ1n) is 4.56. The van der Waals surface area contributed by atoms with Crippen molar-refractivity contribution in [1.29, 1.82) is 0 Å². The van der Waals surface area contributed by atoms with Gasteiger partial charge in [0, 0.05) is 0 Å². The molecule has 0 saturated heterocycles. The molecule has 0 spiro atoms. The average Bonchev–Trinajstić information content (AvgIpc) is 2.23. The molecular weight excluding hydrogens is 196 g/mol. The van der Waals surface area contributed by atoms with Crippen LogP contribution in [0.2, 0.25) is 0 Å².